The minimum atomic E-state index is -0.0433. The van der Waals surface area contributed by atoms with E-state index in [1.165, 1.54) is 0 Å². The summed E-state index contributed by atoms with van der Waals surface area (Å²) in [5, 5.41) is 12.7. The SMILES string of the molecule is C#CC(CCC)Nc1ccc(Cl)cc1C#N. The highest BCUT2D eigenvalue weighted by Gasteiger charge is 2.07. The molecule has 0 fully saturated rings. The third-order valence-corrected chi connectivity index (χ3v) is 2.45. The summed E-state index contributed by atoms with van der Waals surface area (Å²) >= 11 is 5.81. The number of halogens is 1. The molecular weight excluding hydrogens is 220 g/mol. The quantitative estimate of drug-likeness (QED) is 0.808. The van der Waals surface area contributed by atoms with Crippen LogP contribution in [0, 0.1) is 23.7 Å². The van der Waals surface area contributed by atoms with Gasteiger partial charge in [-0.25, -0.2) is 0 Å². The van der Waals surface area contributed by atoms with Crippen molar-refractivity contribution in [1.29, 1.82) is 5.26 Å². The summed E-state index contributed by atoms with van der Waals surface area (Å²) < 4.78 is 0. The van der Waals surface area contributed by atoms with Gasteiger partial charge in [-0.05, 0) is 24.6 Å². The molecule has 1 unspecified atom stereocenters. The van der Waals surface area contributed by atoms with E-state index in [0.29, 0.717) is 10.6 Å². The predicted octanol–water partition coefficient (Wildman–Crippen LogP) is 3.43. The Labute approximate surface area is 101 Å². The van der Waals surface area contributed by atoms with Gasteiger partial charge in [-0.1, -0.05) is 30.9 Å². The van der Waals surface area contributed by atoms with E-state index in [0.717, 1.165) is 18.5 Å². The Morgan fingerprint density at radius 3 is 2.88 bits per heavy atom. The molecule has 0 radical (unpaired) electrons. The monoisotopic (exact) mass is 232 g/mol. The first-order chi connectivity index (χ1) is 7.71. The van der Waals surface area contributed by atoms with E-state index in [1.54, 1.807) is 18.2 Å². The molecule has 2 nitrogen and oxygen atoms in total. The van der Waals surface area contributed by atoms with E-state index in [-0.39, 0.29) is 6.04 Å². The van der Waals surface area contributed by atoms with E-state index >= 15 is 0 Å². The maximum absolute atomic E-state index is 8.96. The van der Waals surface area contributed by atoms with Gasteiger partial charge in [-0.2, -0.15) is 5.26 Å². The third-order valence-electron chi connectivity index (χ3n) is 2.21. The normalized spacial score (nSPS) is 11.2. The molecule has 0 saturated heterocycles. The molecule has 0 aliphatic heterocycles. The zero-order valence-electron chi connectivity index (χ0n) is 9.13. The van der Waals surface area contributed by atoms with Crippen LogP contribution in [-0.2, 0) is 0 Å². The topological polar surface area (TPSA) is 35.8 Å². The van der Waals surface area contributed by atoms with E-state index in [9.17, 15) is 0 Å². The standard InChI is InChI=1S/C13H13ClN2/c1-3-5-12(4-2)16-13-7-6-11(14)8-10(13)9-15/h2,6-8,12,16H,3,5H2,1H3. The van der Waals surface area contributed by atoms with Crippen LogP contribution in [0.25, 0.3) is 0 Å². The highest BCUT2D eigenvalue weighted by Crippen LogP contribution is 2.21. The first-order valence-corrected chi connectivity index (χ1v) is 5.51. The van der Waals surface area contributed by atoms with Gasteiger partial charge in [-0.3, -0.25) is 0 Å². The Morgan fingerprint density at radius 2 is 2.31 bits per heavy atom. The second kappa shape index (κ2) is 6.05. The van der Waals surface area contributed by atoms with Crippen LogP contribution >= 0.6 is 11.6 Å². The van der Waals surface area contributed by atoms with Crippen molar-refractivity contribution in [1.82, 2.24) is 0 Å². The molecule has 1 aromatic carbocycles. The smallest absolute Gasteiger partial charge is 0.101 e. The molecule has 0 spiro atoms. The van der Waals surface area contributed by atoms with Gasteiger partial charge in [0.15, 0.2) is 0 Å². The van der Waals surface area contributed by atoms with Gasteiger partial charge in [0, 0.05) is 5.02 Å². The number of nitrogens with zero attached hydrogens (tertiary/aromatic N) is 1. The number of anilines is 1. The summed E-state index contributed by atoms with van der Waals surface area (Å²) in [5.74, 6) is 2.66. The number of nitrogens with one attached hydrogen (secondary N) is 1. The maximum atomic E-state index is 8.96. The van der Waals surface area contributed by atoms with Crippen LogP contribution < -0.4 is 5.32 Å². The van der Waals surface area contributed by atoms with E-state index in [4.69, 9.17) is 23.3 Å². The molecule has 1 aromatic rings. The minimum Gasteiger partial charge on any atom is -0.370 e. The molecule has 0 amide bonds. The largest absolute Gasteiger partial charge is 0.370 e. The number of terminal acetylenes is 1. The molecule has 0 saturated carbocycles. The van der Waals surface area contributed by atoms with Crippen LogP contribution in [0.3, 0.4) is 0 Å². The van der Waals surface area contributed by atoms with Crippen LogP contribution in [0.5, 0.6) is 0 Å². The summed E-state index contributed by atoms with van der Waals surface area (Å²) in [5.41, 5.74) is 1.26. The first-order valence-electron chi connectivity index (χ1n) is 5.13. The molecule has 1 rings (SSSR count). The van der Waals surface area contributed by atoms with Crippen molar-refractivity contribution < 1.29 is 0 Å². The molecule has 3 heteroatoms. The van der Waals surface area contributed by atoms with Crippen LogP contribution in [0.15, 0.2) is 18.2 Å². The van der Waals surface area contributed by atoms with E-state index < -0.39 is 0 Å². The van der Waals surface area contributed by atoms with Gasteiger partial charge in [0.1, 0.15) is 6.07 Å². The summed E-state index contributed by atoms with van der Waals surface area (Å²) in [4.78, 5) is 0. The van der Waals surface area contributed by atoms with Gasteiger partial charge in [0.2, 0.25) is 0 Å². The van der Waals surface area contributed by atoms with Crippen molar-refractivity contribution in [3.8, 4) is 18.4 Å². The summed E-state index contributed by atoms with van der Waals surface area (Å²) in [6.45, 7) is 2.07. The lowest BCUT2D eigenvalue weighted by molar-refractivity contribution is 0.755. The fourth-order valence-electron chi connectivity index (χ4n) is 1.41. The second-order valence-corrected chi connectivity index (χ2v) is 3.89. The fourth-order valence-corrected chi connectivity index (χ4v) is 1.58. The van der Waals surface area contributed by atoms with Crippen molar-refractivity contribution in [2.24, 2.45) is 0 Å². The predicted molar refractivity (Wildman–Crippen MR) is 67.3 cm³/mol. The lowest BCUT2D eigenvalue weighted by atomic mass is 10.1. The fraction of sp³-hybridized carbons (Fsp3) is 0.308. The third kappa shape index (κ3) is 3.19. The molecule has 0 bridgehead atoms. The summed E-state index contributed by atoms with van der Waals surface area (Å²) in [6, 6.07) is 7.20. The first kappa shape index (κ1) is 12.4. The van der Waals surface area contributed by atoms with Crippen molar-refractivity contribution in [3.63, 3.8) is 0 Å². The van der Waals surface area contributed by atoms with Gasteiger partial charge in [0.05, 0.1) is 17.3 Å². The van der Waals surface area contributed by atoms with Crippen LogP contribution in [-0.4, -0.2) is 6.04 Å². The highest BCUT2D eigenvalue weighted by atomic mass is 35.5. The minimum absolute atomic E-state index is 0.0433. The Bertz CT molecular complexity index is 440. The molecule has 16 heavy (non-hydrogen) atoms. The van der Waals surface area contributed by atoms with Crippen LogP contribution in [0.4, 0.5) is 5.69 Å². The van der Waals surface area contributed by atoms with Gasteiger partial charge in [-0.15, -0.1) is 6.42 Å². The Kier molecular flexibility index (Phi) is 4.70. The Hall–Kier alpha value is -1.64. The van der Waals surface area contributed by atoms with Gasteiger partial charge >= 0.3 is 0 Å². The number of rotatable bonds is 4. The molecular formula is C13H13ClN2. The molecule has 0 aromatic heterocycles. The zero-order chi connectivity index (χ0) is 12.0. The number of nitriles is 1. The van der Waals surface area contributed by atoms with Crippen LogP contribution in [0.1, 0.15) is 25.3 Å². The van der Waals surface area contributed by atoms with Crippen molar-refractivity contribution >= 4 is 17.3 Å². The van der Waals surface area contributed by atoms with Gasteiger partial charge < -0.3 is 5.32 Å². The Morgan fingerprint density at radius 1 is 1.56 bits per heavy atom. The van der Waals surface area contributed by atoms with Crippen molar-refractivity contribution in [3.05, 3.63) is 28.8 Å². The molecule has 82 valence electrons. The lowest BCUT2D eigenvalue weighted by Crippen LogP contribution is -2.17. The molecule has 1 atom stereocenters. The second-order valence-electron chi connectivity index (χ2n) is 3.45. The lowest BCUT2D eigenvalue weighted by Gasteiger charge is -2.14. The maximum Gasteiger partial charge on any atom is 0.101 e. The highest BCUT2D eigenvalue weighted by molar-refractivity contribution is 6.30. The molecule has 0 aliphatic carbocycles. The van der Waals surface area contributed by atoms with Crippen molar-refractivity contribution in [2.45, 2.75) is 25.8 Å². The molecule has 1 N–H and O–H groups in total. The number of hydrogen-bond acceptors (Lipinski definition) is 2. The van der Waals surface area contributed by atoms with E-state index in [2.05, 4.69) is 24.2 Å². The Balaban J connectivity index is 2.89. The summed E-state index contributed by atoms with van der Waals surface area (Å²) in [7, 11) is 0. The number of benzene rings is 1. The molecule has 0 heterocycles. The average Bonchev–Trinajstić information content (AvgIpc) is 2.30. The number of hydrogen-bond donors (Lipinski definition) is 1. The van der Waals surface area contributed by atoms with Crippen molar-refractivity contribution in [2.75, 3.05) is 5.32 Å². The summed E-state index contributed by atoms with van der Waals surface area (Å²) in [6.07, 6.45) is 7.28. The van der Waals surface area contributed by atoms with Gasteiger partial charge in [0.25, 0.3) is 0 Å². The molecule has 0 aliphatic rings. The average molecular weight is 233 g/mol. The van der Waals surface area contributed by atoms with E-state index in [1.807, 2.05) is 0 Å². The van der Waals surface area contributed by atoms with Crippen LogP contribution in [0.2, 0.25) is 5.02 Å². The zero-order valence-corrected chi connectivity index (χ0v) is 9.88.